The summed E-state index contributed by atoms with van der Waals surface area (Å²) in [6.07, 6.45) is -2.51. The molecule has 2 saturated heterocycles. The summed E-state index contributed by atoms with van der Waals surface area (Å²) in [5, 5.41) is 39.1. The lowest BCUT2D eigenvalue weighted by Gasteiger charge is -2.49. The Morgan fingerprint density at radius 3 is 1.97 bits per heavy atom. The second-order valence-corrected chi connectivity index (χ2v) is 8.06. The van der Waals surface area contributed by atoms with E-state index in [0.717, 1.165) is 6.92 Å². The first kappa shape index (κ1) is 23.9. The third-order valence-corrected chi connectivity index (χ3v) is 6.47. The molecule has 7 nitrogen and oxygen atoms in total. The van der Waals surface area contributed by atoms with Crippen LogP contribution in [0.3, 0.4) is 0 Å². The third-order valence-electron chi connectivity index (χ3n) is 6.47. The fraction of sp³-hybridized carbons (Fsp3) is 0.304. The Kier molecular flexibility index (Phi) is 5.23. The van der Waals surface area contributed by atoms with E-state index >= 15 is 0 Å². The Morgan fingerprint density at radius 2 is 1.46 bits per heavy atom. The predicted molar refractivity (Wildman–Crippen MR) is 105 cm³/mol. The normalized spacial score (nSPS) is 28.4. The van der Waals surface area contributed by atoms with Crippen molar-refractivity contribution in [1.29, 1.82) is 21.2 Å². The number of halogens is 5. The van der Waals surface area contributed by atoms with Crippen molar-refractivity contribution in [3.05, 3.63) is 64.5 Å². The Hall–Kier alpha value is -4.21. The molecule has 1 N–H and O–H groups in total. The minimum Gasteiger partial charge on any atom is -0.496 e. The molecule has 0 spiro atoms. The number of hydrogen-bond acceptors (Lipinski definition) is 7. The summed E-state index contributed by atoms with van der Waals surface area (Å²) in [4.78, 5) is 0. The van der Waals surface area contributed by atoms with Gasteiger partial charge < -0.3 is 14.2 Å². The summed E-state index contributed by atoms with van der Waals surface area (Å²) in [6.45, 7) is 1.16. The lowest BCUT2D eigenvalue weighted by Crippen LogP contribution is -2.57. The number of nitrogens with zero attached hydrogens (tertiary/aromatic N) is 3. The van der Waals surface area contributed by atoms with E-state index in [0.29, 0.717) is 0 Å². The summed E-state index contributed by atoms with van der Waals surface area (Å²) < 4.78 is 88.0. The van der Waals surface area contributed by atoms with E-state index in [9.17, 15) is 37.7 Å². The molecule has 178 valence electrons. The molecule has 12 heteroatoms. The van der Waals surface area contributed by atoms with Crippen LogP contribution in [-0.4, -0.2) is 18.8 Å². The van der Waals surface area contributed by atoms with Crippen LogP contribution in [0.2, 0.25) is 0 Å². The molecule has 2 heterocycles. The standard InChI is InChI=1S/C23H13F5N4O3/c1-21-18(10-5-3-4-6-11(10)33-2)23(9-31,20(32)35-21)22(7-29,8-30)19(34-21)12-13(24)15(26)17(28)16(27)14(12)25/h3-6,18-19,32H,1-2H3. The topological polar surface area (TPSA) is 123 Å². The van der Waals surface area contributed by atoms with Crippen molar-refractivity contribution in [3.8, 4) is 24.0 Å². The van der Waals surface area contributed by atoms with Gasteiger partial charge in [-0.05, 0) is 6.07 Å². The Morgan fingerprint density at radius 1 is 0.914 bits per heavy atom. The quantitative estimate of drug-likeness (QED) is 0.385. The molecule has 2 aliphatic rings. The smallest absolute Gasteiger partial charge is 0.219 e. The maximum atomic E-state index is 14.8. The van der Waals surface area contributed by atoms with Crippen LogP contribution in [0.25, 0.3) is 0 Å². The molecule has 35 heavy (non-hydrogen) atoms. The number of fused-ring (bicyclic) bond motifs is 2. The highest BCUT2D eigenvalue weighted by Crippen LogP contribution is 2.70. The highest BCUT2D eigenvalue weighted by Gasteiger charge is 2.80. The van der Waals surface area contributed by atoms with Crippen LogP contribution in [0.1, 0.15) is 30.1 Å². The minimum absolute atomic E-state index is 0.143. The molecule has 0 saturated carbocycles. The maximum Gasteiger partial charge on any atom is 0.219 e. The molecule has 2 fully saturated rings. The number of rotatable bonds is 3. The van der Waals surface area contributed by atoms with Gasteiger partial charge in [0, 0.05) is 12.5 Å². The first-order valence-corrected chi connectivity index (χ1v) is 9.85. The lowest BCUT2D eigenvalue weighted by atomic mass is 9.52. The number of para-hydroxylation sites is 1. The first-order chi connectivity index (χ1) is 16.5. The van der Waals surface area contributed by atoms with Crippen molar-refractivity contribution in [3.63, 3.8) is 0 Å². The number of benzene rings is 2. The van der Waals surface area contributed by atoms with Crippen LogP contribution in [0.4, 0.5) is 22.0 Å². The summed E-state index contributed by atoms with van der Waals surface area (Å²) in [7, 11) is 1.29. The summed E-state index contributed by atoms with van der Waals surface area (Å²) >= 11 is 0. The number of hydrogen-bond donors (Lipinski definition) is 1. The molecule has 4 rings (SSSR count). The molecule has 2 aliphatic heterocycles. The van der Waals surface area contributed by atoms with Gasteiger partial charge in [0.15, 0.2) is 28.7 Å². The average molecular weight is 488 g/mol. The van der Waals surface area contributed by atoms with Crippen LogP contribution in [-0.2, 0) is 9.47 Å². The van der Waals surface area contributed by atoms with Crippen molar-refractivity contribution in [2.75, 3.05) is 7.11 Å². The van der Waals surface area contributed by atoms with Gasteiger partial charge in [-0.25, -0.2) is 22.0 Å². The van der Waals surface area contributed by atoms with Gasteiger partial charge >= 0.3 is 0 Å². The van der Waals surface area contributed by atoms with E-state index in [-0.39, 0.29) is 11.3 Å². The molecule has 0 aromatic heterocycles. The van der Waals surface area contributed by atoms with E-state index in [1.807, 2.05) is 0 Å². The zero-order valence-electron chi connectivity index (χ0n) is 17.9. The summed E-state index contributed by atoms with van der Waals surface area (Å²) in [6, 6.07) is 10.7. The van der Waals surface area contributed by atoms with Gasteiger partial charge in [0.2, 0.25) is 22.9 Å². The molecule has 2 aromatic rings. The van der Waals surface area contributed by atoms with Crippen LogP contribution in [0.15, 0.2) is 24.3 Å². The third kappa shape index (κ3) is 2.67. The molecule has 0 aliphatic carbocycles. The molecular weight excluding hydrogens is 475 g/mol. The monoisotopic (exact) mass is 488 g/mol. The van der Waals surface area contributed by atoms with Crippen molar-refractivity contribution >= 4 is 5.90 Å². The van der Waals surface area contributed by atoms with Gasteiger partial charge in [-0.15, -0.1) is 0 Å². The Labute approximate surface area is 195 Å². The van der Waals surface area contributed by atoms with E-state index < -0.39 is 69.2 Å². The van der Waals surface area contributed by atoms with Crippen molar-refractivity contribution in [2.24, 2.45) is 10.8 Å². The van der Waals surface area contributed by atoms with Gasteiger partial charge in [0.1, 0.15) is 11.9 Å². The average Bonchev–Trinajstić information content (AvgIpc) is 3.04. The molecule has 2 bridgehead atoms. The van der Waals surface area contributed by atoms with Crippen LogP contribution in [0.5, 0.6) is 5.75 Å². The Balaban J connectivity index is 2.13. The zero-order valence-corrected chi connectivity index (χ0v) is 17.9. The number of nitriles is 3. The molecule has 4 unspecified atom stereocenters. The number of nitrogens with one attached hydrogen (secondary N) is 1. The maximum absolute atomic E-state index is 14.8. The van der Waals surface area contributed by atoms with Crippen LogP contribution in [0, 0.1) is 79.3 Å². The molecular formula is C23H13F5N4O3. The predicted octanol–water partition coefficient (Wildman–Crippen LogP) is 4.51. The van der Waals surface area contributed by atoms with E-state index in [1.165, 1.54) is 37.4 Å². The zero-order chi connectivity index (χ0) is 25.9. The SMILES string of the molecule is COc1ccccc1C1C2(C)OC(=N)C1(C#N)C(C#N)(C#N)C(c1c(F)c(F)c(F)c(F)c1F)O2. The summed E-state index contributed by atoms with van der Waals surface area (Å²) in [5.41, 5.74) is -7.10. The molecule has 2 aromatic carbocycles. The van der Waals surface area contributed by atoms with Crippen molar-refractivity contribution < 1.29 is 36.2 Å². The highest BCUT2D eigenvalue weighted by atomic mass is 19.2. The highest BCUT2D eigenvalue weighted by molar-refractivity contribution is 5.90. The second kappa shape index (κ2) is 7.66. The van der Waals surface area contributed by atoms with E-state index in [4.69, 9.17) is 19.6 Å². The van der Waals surface area contributed by atoms with E-state index in [1.54, 1.807) is 12.1 Å². The largest absolute Gasteiger partial charge is 0.496 e. The van der Waals surface area contributed by atoms with Gasteiger partial charge in [-0.1, -0.05) is 18.2 Å². The number of ether oxygens (including phenoxy) is 3. The Bertz CT molecular complexity index is 1370. The van der Waals surface area contributed by atoms with Gasteiger partial charge in [0.25, 0.3) is 0 Å². The number of methoxy groups -OCH3 is 1. The fourth-order valence-electron chi connectivity index (χ4n) is 4.96. The van der Waals surface area contributed by atoms with Crippen LogP contribution < -0.4 is 4.74 Å². The van der Waals surface area contributed by atoms with E-state index in [2.05, 4.69) is 0 Å². The second-order valence-electron chi connectivity index (χ2n) is 8.06. The van der Waals surface area contributed by atoms with Crippen molar-refractivity contribution in [1.82, 2.24) is 0 Å². The van der Waals surface area contributed by atoms with Gasteiger partial charge in [-0.2, -0.15) is 15.8 Å². The molecule has 4 atom stereocenters. The lowest BCUT2D eigenvalue weighted by molar-refractivity contribution is -0.255. The fourth-order valence-corrected chi connectivity index (χ4v) is 4.96. The summed E-state index contributed by atoms with van der Waals surface area (Å²) in [5.74, 6) is -16.3. The molecule has 0 radical (unpaired) electrons. The van der Waals surface area contributed by atoms with Gasteiger partial charge in [-0.3, -0.25) is 5.41 Å². The van der Waals surface area contributed by atoms with Gasteiger partial charge in [0.05, 0.1) is 36.8 Å². The minimum atomic E-state index is -3.00. The first-order valence-electron chi connectivity index (χ1n) is 9.85. The van der Waals surface area contributed by atoms with Crippen LogP contribution >= 0.6 is 0 Å². The molecule has 0 amide bonds. The van der Waals surface area contributed by atoms with Crippen molar-refractivity contribution in [2.45, 2.75) is 24.7 Å².